The first kappa shape index (κ1) is 18.8. The van der Waals surface area contributed by atoms with Crippen LogP contribution in [0.5, 0.6) is 11.5 Å². The molecule has 4 heteroatoms. The van der Waals surface area contributed by atoms with Crippen LogP contribution in [-0.2, 0) is 5.54 Å². The minimum absolute atomic E-state index is 0.574. The molecule has 0 fully saturated rings. The zero-order chi connectivity index (χ0) is 25.5. The number of pyridine rings is 1. The third-order valence-electron chi connectivity index (χ3n) is 10.0. The summed E-state index contributed by atoms with van der Waals surface area (Å²) in [4.78, 5) is 0. The van der Waals surface area contributed by atoms with Gasteiger partial charge in [-0.3, -0.25) is 0 Å². The fraction of sp³-hybridized carbons (Fsp3) is 0.0278. The lowest BCUT2D eigenvalue weighted by Crippen LogP contribution is -2.62. The van der Waals surface area contributed by atoms with E-state index in [1.807, 2.05) is 0 Å². The molecule has 4 nitrogen and oxygen atoms in total. The van der Waals surface area contributed by atoms with Crippen LogP contribution in [0.15, 0.2) is 109 Å². The van der Waals surface area contributed by atoms with Gasteiger partial charge in [0.15, 0.2) is 5.52 Å². The molecule has 3 aliphatic rings. The normalized spacial score (nSPS) is 17.8. The molecule has 9 aromatic rings. The van der Waals surface area contributed by atoms with Gasteiger partial charge in [-0.1, -0.05) is 48.5 Å². The minimum Gasteiger partial charge on any atom is -0.456 e. The monoisotopic (exact) mass is 508 g/mol. The Labute approximate surface area is 226 Å². The topological polar surface area (TPSA) is 22.4 Å². The number of aromatic nitrogens is 3. The number of hydrogen-bond donors (Lipinski definition) is 0. The van der Waals surface area contributed by atoms with Gasteiger partial charge < -0.3 is 9.30 Å². The lowest BCUT2D eigenvalue weighted by Gasteiger charge is -2.43. The summed E-state index contributed by atoms with van der Waals surface area (Å²) in [6.07, 6.45) is 2.30. The Bertz CT molecular complexity index is 2690. The molecule has 1 spiro atoms. The van der Waals surface area contributed by atoms with Crippen molar-refractivity contribution in [2.75, 3.05) is 0 Å². The van der Waals surface area contributed by atoms with Gasteiger partial charge in [0.1, 0.15) is 22.6 Å². The minimum atomic E-state index is -0.574. The van der Waals surface area contributed by atoms with Crippen molar-refractivity contribution in [2.45, 2.75) is 5.54 Å². The van der Waals surface area contributed by atoms with Crippen LogP contribution >= 0.6 is 0 Å². The highest BCUT2D eigenvalue weighted by Gasteiger charge is 2.59. The van der Waals surface area contributed by atoms with E-state index < -0.39 is 5.54 Å². The zero-order valence-corrected chi connectivity index (χ0v) is 21.1. The third-order valence-corrected chi connectivity index (χ3v) is 10.0. The molecule has 0 saturated carbocycles. The Kier molecular flexibility index (Phi) is 2.66. The second-order valence-corrected chi connectivity index (χ2v) is 11.5. The Morgan fingerprint density at radius 3 is 2.23 bits per heavy atom. The van der Waals surface area contributed by atoms with E-state index in [1.54, 1.807) is 0 Å². The van der Waals surface area contributed by atoms with Crippen LogP contribution in [0.4, 0.5) is 0 Å². The second-order valence-electron chi connectivity index (χ2n) is 11.5. The maximum atomic E-state index is 6.87. The number of ether oxygens (including phenoxy) is 1. The van der Waals surface area contributed by atoms with Crippen LogP contribution in [0.1, 0.15) is 16.7 Å². The highest BCUT2D eigenvalue weighted by molar-refractivity contribution is 6.24. The summed E-state index contributed by atoms with van der Waals surface area (Å²) < 4.78 is 14.4. The lowest BCUT2D eigenvalue weighted by molar-refractivity contribution is -0.713. The van der Waals surface area contributed by atoms with Crippen molar-refractivity contribution in [1.29, 1.82) is 0 Å². The molecule has 0 amide bonds. The molecule has 1 atom stereocenters. The fourth-order valence-corrected chi connectivity index (χ4v) is 8.81. The molecule has 7 heterocycles. The van der Waals surface area contributed by atoms with Crippen LogP contribution in [0.25, 0.3) is 65.7 Å². The lowest BCUT2D eigenvalue weighted by atomic mass is 9.70. The molecule has 0 N–H and O–H groups in total. The molecule has 0 aliphatic carbocycles. The summed E-state index contributed by atoms with van der Waals surface area (Å²) in [6, 6.07) is 38.0. The first-order valence-electron chi connectivity index (χ1n) is 13.9. The Morgan fingerprint density at radius 2 is 1.27 bits per heavy atom. The van der Waals surface area contributed by atoms with Crippen molar-refractivity contribution >= 4 is 60.0 Å². The van der Waals surface area contributed by atoms with Crippen molar-refractivity contribution in [2.24, 2.45) is 0 Å². The van der Waals surface area contributed by atoms with Crippen molar-refractivity contribution < 1.29 is 9.30 Å². The maximum Gasteiger partial charge on any atom is 0.296 e. The largest absolute Gasteiger partial charge is 0.456 e. The van der Waals surface area contributed by atoms with Crippen LogP contribution in [0.2, 0.25) is 0 Å². The van der Waals surface area contributed by atoms with Crippen LogP contribution in [0, 0.1) is 0 Å². The maximum absolute atomic E-state index is 6.87. The molecule has 12 rings (SSSR count). The quantitative estimate of drug-likeness (QED) is 0.192. The molecule has 0 radical (unpaired) electrons. The number of benzene rings is 5. The average molecular weight is 509 g/mol. The molecule has 40 heavy (non-hydrogen) atoms. The van der Waals surface area contributed by atoms with Crippen LogP contribution < -0.4 is 9.30 Å². The zero-order valence-electron chi connectivity index (χ0n) is 21.1. The van der Waals surface area contributed by atoms with Gasteiger partial charge in [0.05, 0.1) is 33.9 Å². The average Bonchev–Trinajstić information content (AvgIpc) is 3.65. The second kappa shape index (κ2) is 5.65. The van der Waals surface area contributed by atoms with Gasteiger partial charge in [0.25, 0.3) is 5.65 Å². The number of hydrogen-bond acceptors (Lipinski definition) is 1. The molecule has 3 aliphatic heterocycles. The summed E-state index contributed by atoms with van der Waals surface area (Å²) in [5.74, 6) is 1.87. The molecular formula is C36H18N3O+. The van der Waals surface area contributed by atoms with E-state index in [4.69, 9.17) is 4.74 Å². The fourth-order valence-electron chi connectivity index (χ4n) is 8.81. The van der Waals surface area contributed by atoms with E-state index >= 15 is 0 Å². The van der Waals surface area contributed by atoms with E-state index in [-0.39, 0.29) is 0 Å². The molecule has 182 valence electrons. The molecule has 0 bridgehead atoms. The van der Waals surface area contributed by atoms with Gasteiger partial charge in [-0.05, 0) is 54.6 Å². The van der Waals surface area contributed by atoms with Gasteiger partial charge in [-0.2, -0.15) is 4.40 Å². The highest BCUT2D eigenvalue weighted by Crippen LogP contribution is 2.60. The van der Waals surface area contributed by atoms with E-state index in [2.05, 4.69) is 123 Å². The first-order valence-corrected chi connectivity index (χ1v) is 13.9. The number of rotatable bonds is 0. The predicted molar refractivity (Wildman–Crippen MR) is 157 cm³/mol. The van der Waals surface area contributed by atoms with Crippen molar-refractivity contribution in [1.82, 2.24) is 8.97 Å². The molecule has 1 unspecified atom stereocenters. The molecule has 5 aromatic carbocycles. The smallest absolute Gasteiger partial charge is 0.296 e. The van der Waals surface area contributed by atoms with Gasteiger partial charge in [0, 0.05) is 32.5 Å². The highest BCUT2D eigenvalue weighted by atomic mass is 16.5. The van der Waals surface area contributed by atoms with Gasteiger partial charge in [0.2, 0.25) is 5.54 Å². The Morgan fingerprint density at radius 1 is 0.550 bits per heavy atom. The predicted octanol–water partition coefficient (Wildman–Crippen LogP) is 7.79. The van der Waals surface area contributed by atoms with E-state index in [0.717, 1.165) is 11.5 Å². The first-order chi connectivity index (χ1) is 19.9. The summed E-state index contributed by atoms with van der Waals surface area (Å²) in [5, 5.41) is 7.76. The number of para-hydroxylation sites is 3. The van der Waals surface area contributed by atoms with Crippen molar-refractivity contribution in [3.8, 4) is 17.2 Å². The summed E-state index contributed by atoms with van der Waals surface area (Å²) in [6.45, 7) is 0. The van der Waals surface area contributed by atoms with E-state index in [9.17, 15) is 0 Å². The van der Waals surface area contributed by atoms with Crippen LogP contribution in [-0.4, -0.2) is 8.97 Å². The number of nitrogens with zero attached hydrogens (tertiary/aromatic N) is 3. The number of fused-ring (bicyclic) bond motifs is 6. The summed E-state index contributed by atoms with van der Waals surface area (Å²) in [5.41, 5.74) is 10.7. The van der Waals surface area contributed by atoms with Crippen molar-refractivity contribution in [3.05, 3.63) is 126 Å². The molecule has 4 aromatic heterocycles. The summed E-state index contributed by atoms with van der Waals surface area (Å²) >= 11 is 0. The third kappa shape index (κ3) is 1.61. The van der Waals surface area contributed by atoms with Crippen LogP contribution in [0.3, 0.4) is 0 Å². The molecular weight excluding hydrogens is 490 g/mol. The Hall–Kier alpha value is -5.35. The van der Waals surface area contributed by atoms with E-state index in [1.165, 1.54) is 82.4 Å². The standard InChI is InChI=1S/C36H18N3O/c1-2-13-26-19(7-1)20-10-4-12-25-33(20)38(26)27-14-5-15-28-30(27)36(25)31-29(40-28)17-16-23-21-8-3-9-22-24-11-6-18-37(36)35(24)39(32(21)22)34(23)31/h1-18H/q+1. The SMILES string of the molecule is c1cc2c3c(c1)-n1c4ccccc4c4cccc(c41)C31c3c(ccc4c5cccc6c7ccc[n+]1c7n(c34)c56)O2. The molecule has 0 saturated heterocycles. The Balaban J connectivity index is 1.48. The summed E-state index contributed by atoms with van der Waals surface area (Å²) in [7, 11) is 0. The van der Waals surface area contributed by atoms with Gasteiger partial charge in [-0.15, -0.1) is 0 Å². The van der Waals surface area contributed by atoms with Crippen molar-refractivity contribution in [3.63, 3.8) is 0 Å². The van der Waals surface area contributed by atoms with Gasteiger partial charge >= 0.3 is 0 Å². The van der Waals surface area contributed by atoms with E-state index in [0.29, 0.717) is 0 Å². The van der Waals surface area contributed by atoms with Gasteiger partial charge in [-0.25, -0.2) is 4.57 Å².